The molecule has 3 rings (SSSR count). The molecule has 0 bridgehead atoms. The Labute approximate surface area is 141 Å². The van der Waals surface area contributed by atoms with E-state index in [0.717, 1.165) is 15.8 Å². The van der Waals surface area contributed by atoms with Crippen LogP contribution in [0, 0.1) is 12.7 Å². The Balaban J connectivity index is 1.86. The summed E-state index contributed by atoms with van der Waals surface area (Å²) in [5.41, 5.74) is 2.51. The van der Waals surface area contributed by atoms with E-state index < -0.39 is 0 Å². The molecule has 0 saturated carbocycles. The predicted octanol–water partition coefficient (Wildman–Crippen LogP) is 3.82. The van der Waals surface area contributed by atoms with Crippen LogP contribution in [0.2, 0.25) is 0 Å². The van der Waals surface area contributed by atoms with Gasteiger partial charge >= 0.3 is 0 Å². The molecule has 6 heteroatoms. The molecule has 118 valence electrons. The first kappa shape index (κ1) is 15.7. The summed E-state index contributed by atoms with van der Waals surface area (Å²) in [6, 6.07) is 10.4. The molecule has 0 unspecified atom stereocenters. The molecule has 23 heavy (non-hydrogen) atoms. The second-order valence-corrected chi connectivity index (χ2v) is 6.33. The molecule has 0 N–H and O–H groups in total. The number of fused-ring (bicyclic) bond motifs is 1. The number of halogens is 2. The second kappa shape index (κ2) is 6.12. The normalized spacial score (nSPS) is 11.0. The van der Waals surface area contributed by atoms with Gasteiger partial charge in [0.05, 0.1) is 0 Å². The Morgan fingerprint density at radius 3 is 2.87 bits per heavy atom. The van der Waals surface area contributed by atoms with Gasteiger partial charge in [0.2, 0.25) is 0 Å². The van der Waals surface area contributed by atoms with Gasteiger partial charge in [-0.2, -0.15) is 0 Å². The summed E-state index contributed by atoms with van der Waals surface area (Å²) in [6.45, 7) is 2.13. The quantitative estimate of drug-likeness (QED) is 0.697. The number of amides is 1. The Kier molecular flexibility index (Phi) is 4.17. The monoisotopic (exact) mass is 375 g/mol. The number of aromatic nitrogens is 2. The van der Waals surface area contributed by atoms with Crippen molar-refractivity contribution < 1.29 is 9.18 Å². The van der Waals surface area contributed by atoms with E-state index in [0.29, 0.717) is 11.3 Å². The molecular formula is C17H15BrFN3O. The molecule has 0 fully saturated rings. The summed E-state index contributed by atoms with van der Waals surface area (Å²) in [5, 5.41) is 0. The number of carbonyl (C=O) groups is 1. The van der Waals surface area contributed by atoms with Gasteiger partial charge in [-0.3, -0.25) is 4.79 Å². The van der Waals surface area contributed by atoms with Crippen molar-refractivity contribution in [1.29, 1.82) is 0 Å². The summed E-state index contributed by atoms with van der Waals surface area (Å²) >= 11 is 3.31. The van der Waals surface area contributed by atoms with E-state index in [2.05, 4.69) is 20.9 Å². The summed E-state index contributed by atoms with van der Waals surface area (Å²) in [7, 11) is 1.64. The number of carbonyl (C=O) groups excluding carboxylic acids is 1. The lowest BCUT2D eigenvalue weighted by molar-refractivity contribution is 0.0778. The van der Waals surface area contributed by atoms with Crippen molar-refractivity contribution in [3.8, 4) is 0 Å². The van der Waals surface area contributed by atoms with E-state index in [1.807, 2.05) is 29.5 Å². The van der Waals surface area contributed by atoms with Crippen LogP contribution in [0.5, 0.6) is 0 Å². The van der Waals surface area contributed by atoms with Crippen LogP contribution in [0.4, 0.5) is 4.39 Å². The largest absolute Gasteiger partial charge is 0.336 e. The van der Waals surface area contributed by atoms with Gasteiger partial charge in [0.15, 0.2) is 0 Å². The molecule has 2 aromatic heterocycles. The summed E-state index contributed by atoms with van der Waals surface area (Å²) < 4.78 is 16.5. The number of nitrogens with zero attached hydrogens (tertiary/aromatic N) is 3. The molecule has 4 nitrogen and oxygen atoms in total. The summed E-state index contributed by atoms with van der Waals surface area (Å²) in [6.07, 6.45) is 1.71. The zero-order valence-corrected chi connectivity index (χ0v) is 14.3. The van der Waals surface area contributed by atoms with E-state index in [-0.39, 0.29) is 18.3 Å². The van der Waals surface area contributed by atoms with Gasteiger partial charge in [0.1, 0.15) is 17.2 Å². The zero-order chi connectivity index (χ0) is 16.6. The number of pyridine rings is 1. The lowest BCUT2D eigenvalue weighted by Crippen LogP contribution is -2.27. The molecule has 0 aliphatic rings. The fourth-order valence-electron chi connectivity index (χ4n) is 2.44. The minimum absolute atomic E-state index is 0.178. The third-order valence-corrected chi connectivity index (χ3v) is 4.17. The van der Waals surface area contributed by atoms with Crippen molar-refractivity contribution in [1.82, 2.24) is 14.3 Å². The smallest absolute Gasteiger partial charge is 0.274 e. The van der Waals surface area contributed by atoms with Crippen molar-refractivity contribution in [2.45, 2.75) is 13.5 Å². The van der Waals surface area contributed by atoms with E-state index in [9.17, 15) is 9.18 Å². The second-order valence-electron chi connectivity index (χ2n) is 5.42. The van der Waals surface area contributed by atoms with Gasteiger partial charge in [0, 0.05) is 35.5 Å². The van der Waals surface area contributed by atoms with Gasteiger partial charge in [-0.05, 0) is 37.3 Å². The van der Waals surface area contributed by atoms with Crippen LogP contribution >= 0.6 is 15.9 Å². The van der Waals surface area contributed by atoms with E-state index in [1.54, 1.807) is 25.4 Å². The molecule has 0 saturated heterocycles. The molecule has 1 aromatic carbocycles. The Bertz CT molecular complexity index is 891. The van der Waals surface area contributed by atoms with Crippen molar-refractivity contribution >= 4 is 27.5 Å². The molecule has 2 heterocycles. The lowest BCUT2D eigenvalue weighted by Gasteiger charge is -2.16. The van der Waals surface area contributed by atoms with Crippen LogP contribution in [0.15, 0.2) is 47.1 Å². The number of hydrogen-bond donors (Lipinski definition) is 0. The molecule has 0 aliphatic carbocycles. The number of aryl methyl sites for hydroxylation is 1. The van der Waals surface area contributed by atoms with Crippen molar-refractivity contribution in [3.63, 3.8) is 0 Å². The third-order valence-electron chi connectivity index (χ3n) is 3.68. The fraction of sp³-hybridized carbons (Fsp3) is 0.176. The molecule has 0 aliphatic heterocycles. The van der Waals surface area contributed by atoms with Crippen molar-refractivity contribution in [3.05, 3.63) is 69.8 Å². The van der Waals surface area contributed by atoms with Crippen LogP contribution in [0.1, 0.15) is 21.7 Å². The number of benzene rings is 1. The highest BCUT2D eigenvalue weighted by molar-refractivity contribution is 9.10. The number of hydrogen-bond acceptors (Lipinski definition) is 2. The summed E-state index contributed by atoms with van der Waals surface area (Å²) in [5.74, 6) is -0.578. The van der Waals surface area contributed by atoms with Gasteiger partial charge < -0.3 is 9.30 Å². The number of imidazole rings is 1. The molecule has 1 amide bonds. The first-order chi connectivity index (χ1) is 11.0. The molecule has 3 aromatic rings. The van der Waals surface area contributed by atoms with Crippen molar-refractivity contribution in [2.75, 3.05) is 7.05 Å². The van der Waals surface area contributed by atoms with Crippen molar-refractivity contribution in [2.24, 2.45) is 0 Å². The molecule has 0 spiro atoms. The topological polar surface area (TPSA) is 37.6 Å². The highest BCUT2D eigenvalue weighted by atomic mass is 79.9. The van der Waals surface area contributed by atoms with Gasteiger partial charge in [-0.1, -0.05) is 22.0 Å². The maximum Gasteiger partial charge on any atom is 0.274 e. The molecular weight excluding hydrogens is 361 g/mol. The Morgan fingerprint density at radius 1 is 1.35 bits per heavy atom. The summed E-state index contributed by atoms with van der Waals surface area (Å²) in [4.78, 5) is 18.3. The maximum absolute atomic E-state index is 13.8. The SMILES string of the molecule is Cc1cccc2nc(C(=O)N(C)Cc3cc(Br)ccc3F)cn12. The standard InChI is InChI=1S/C17H15BrFN3O/c1-11-4-3-5-16-20-15(10-22(11)16)17(23)21(2)9-12-8-13(18)6-7-14(12)19/h3-8,10H,9H2,1-2H3. The Hall–Kier alpha value is -2.21. The predicted molar refractivity (Wildman–Crippen MR) is 89.8 cm³/mol. The van der Waals surface area contributed by atoms with Crippen LogP contribution in [-0.2, 0) is 6.54 Å². The minimum Gasteiger partial charge on any atom is -0.336 e. The van der Waals surface area contributed by atoms with Crippen LogP contribution in [-0.4, -0.2) is 27.2 Å². The first-order valence-electron chi connectivity index (χ1n) is 7.10. The average molecular weight is 376 g/mol. The maximum atomic E-state index is 13.8. The lowest BCUT2D eigenvalue weighted by atomic mass is 10.2. The zero-order valence-electron chi connectivity index (χ0n) is 12.8. The fourth-order valence-corrected chi connectivity index (χ4v) is 2.85. The van der Waals surface area contributed by atoms with Gasteiger partial charge in [0.25, 0.3) is 5.91 Å². The van der Waals surface area contributed by atoms with E-state index in [4.69, 9.17) is 0 Å². The van der Waals surface area contributed by atoms with E-state index in [1.165, 1.54) is 11.0 Å². The van der Waals surface area contributed by atoms with Gasteiger partial charge in [-0.25, -0.2) is 9.37 Å². The highest BCUT2D eigenvalue weighted by Crippen LogP contribution is 2.18. The van der Waals surface area contributed by atoms with Gasteiger partial charge in [-0.15, -0.1) is 0 Å². The van der Waals surface area contributed by atoms with E-state index >= 15 is 0 Å². The molecule has 0 atom stereocenters. The van der Waals surface area contributed by atoms with Crippen LogP contribution in [0.25, 0.3) is 5.65 Å². The number of rotatable bonds is 3. The van der Waals surface area contributed by atoms with Crippen LogP contribution in [0.3, 0.4) is 0 Å². The highest BCUT2D eigenvalue weighted by Gasteiger charge is 2.17. The third kappa shape index (κ3) is 3.12. The molecule has 0 radical (unpaired) electrons. The average Bonchev–Trinajstić information content (AvgIpc) is 2.95. The minimum atomic E-state index is -0.335. The first-order valence-corrected chi connectivity index (χ1v) is 7.89. The Morgan fingerprint density at radius 2 is 2.13 bits per heavy atom. The van der Waals surface area contributed by atoms with Crippen LogP contribution < -0.4 is 0 Å².